The molecule has 266 valence electrons. The van der Waals surface area contributed by atoms with Crippen molar-refractivity contribution < 1.29 is 64.5 Å². The van der Waals surface area contributed by atoms with Crippen LogP contribution in [0.25, 0.3) is 11.3 Å². The average molecular weight is 699 g/mol. The lowest BCUT2D eigenvalue weighted by molar-refractivity contribution is -0.220. The molecule has 0 aliphatic heterocycles. The largest absolute Gasteiger partial charge is 0.453 e. The van der Waals surface area contributed by atoms with Crippen molar-refractivity contribution in [1.29, 1.82) is 0 Å². The Hall–Kier alpha value is -4.72. The van der Waals surface area contributed by atoms with Crippen molar-refractivity contribution in [1.82, 2.24) is 31.4 Å². The molecule has 0 radical (unpaired) electrons. The second-order valence-electron chi connectivity index (χ2n) is 10.7. The van der Waals surface area contributed by atoms with Crippen LogP contribution < -0.4 is 21.4 Å². The fourth-order valence-electron chi connectivity index (χ4n) is 3.97. The lowest BCUT2D eigenvalue weighted by Gasteiger charge is -2.35. The van der Waals surface area contributed by atoms with Gasteiger partial charge < -0.3 is 30.5 Å². The molecule has 48 heavy (non-hydrogen) atoms. The van der Waals surface area contributed by atoms with Crippen molar-refractivity contribution in [3.8, 4) is 11.3 Å². The molecule has 0 aliphatic carbocycles. The molecule has 1 aromatic carbocycles. The fraction of sp³-hybridized carbons (Fsp3) is 0.464. The number of nitrogens with zero attached hydrogens (tertiary/aromatic N) is 2. The maximum atomic E-state index is 15.1. The molecular formula is C28H33F7N6O7. The minimum Gasteiger partial charge on any atom is -0.453 e. The van der Waals surface area contributed by atoms with Gasteiger partial charge in [0.05, 0.1) is 31.4 Å². The summed E-state index contributed by atoms with van der Waals surface area (Å²) in [4.78, 5) is 52.7. The monoisotopic (exact) mass is 698 g/mol. The Morgan fingerprint density at radius 3 is 2.02 bits per heavy atom. The van der Waals surface area contributed by atoms with Crippen LogP contribution in [0.5, 0.6) is 0 Å². The standard InChI is InChI=1S/C28H33F7N6O7/c1-26(2,28(33,34)35)20(38-24(45)47-3)22(43)37-12-17(42)14-41(40-23(44)21(27(30,31)32)39-25(46)48-4)13-16-9-8-15(11-18(16)29)19-7-5-6-10-36-19/h5-11,17,20-21,42H,12-14H2,1-4H3,(H,37,43)(H,38,45)(H,39,46)(H,40,44)/t17-,20?,21-/m1/s1. The molecule has 13 nitrogen and oxygen atoms in total. The first kappa shape index (κ1) is 39.5. The number of aliphatic hydroxyl groups is 1. The first-order valence-electron chi connectivity index (χ1n) is 13.7. The van der Waals surface area contributed by atoms with Crippen LogP contribution in [0.1, 0.15) is 19.4 Å². The van der Waals surface area contributed by atoms with E-state index in [9.17, 15) is 50.6 Å². The second-order valence-corrected chi connectivity index (χ2v) is 10.7. The number of ether oxygens (including phenoxy) is 2. The number of pyridine rings is 1. The third-order valence-corrected chi connectivity index (χ3v) is 6.79. The van der Waals surface area contributed by atoms with Gasteiger partial charge in [-0.25, -0.2) is 19.0 Å². The van der Waals surface area contributed by atoms with Crippen LogP contribution in [0.3, 0.4) is 0 Å². The second kappa shape index (κ2) is 16.4. The predicted molar refractivity (Wildman–Crippen MR) is 152 cm³/mol. The molecule has 0 saturated heterocycles. The van der Waals surface area contributed by atoms with E-state index >= 15 is 4.39 Å². The zero-order chi connectivity index (χ0) is 36.4. The molecular weight excluding hydrogens is 665 g/mol. The minimum absolute atomic E-state index is 0.204. The molecule has 0 fully saturated rings. The number of methoxy groups -OCH3 is 2. The number of alkyl halides is 6. The molecule has 5 N–H and O–H groups in total. The van der Waals surface area contributed by atoms with Crippen molar-refractivity contribution >= 4 is 24.0 Å². The molecule has 20 heteroatoms. The molecule has 0 aliphatic rings. The van der Waals surface area contributed by atoms with Crippen molar-refractivity contribution in [2.75, 3.05) is 27.3 Å². The lowest BCUT2D eigenvalue weighted by Crippen LogP contribution is -2.60. The lowest BCUT2D eigenvalue weighted by atomic mass is 9.83. The Bertz CT molecular complexity index is 1430. The highest BCUT2D eigenvalue weighted by atomic mass is 19.4. The molecule has 0 bridgehead atoms. The first-order chi connectivity index (χ1) is 22.2. The Labute approximate surface area is 269 Å². The van der Waals surface area contributed by atoms with Gasteiger partial charge in [0.2, 0.25) is 11.9 Å². The van der Waals surface area contributed by atoms with Crippen LogP contribution in [-0.2, 0) is 25.6 Å². The van der Waals surface area contributed by atoms with Crippen LogP contribution in [0, 0.1) is 11.2 Å². The summed E-state index contributed by atoms with van der Waals surface area (Å²) >= 11 is 0. The van der Waals surface area contributed by atoms with E-state index in [0.29, 0.717) is 30.1 Å². The maximum absolute atomic E-state index is 15.1. The minimum atomic E-state index is -5.35. The van der Waals surface area contributed by atoms with E-state index in [-0.39, 0.29) is 5.56 Å². The summed E-state index contributed by atoms with van der Waals surface area (Å²) in [5.74, 6) is -4.21. The van der Waals surface area contributed by atoms with Crippen LogP contribution in [0.2, 0.25) is 0 Å². The van der Waals surface area contributed by atoms with Gasteiger partial charge in [-0.15, -0.1) is 0 Å². The number of hydrogen-bond acceptors (Lipinski definition) is 9. The van der Waals surface area contributed by atoms with E-state index in [1.54, 1.807) is 23.5 Å². The number of alkyl carbamates (subject to hydrolysis) is 2. The number of hydrogen-bond donors (Lipinski definition) is 5. The van der Waals surface area contributed by atoms with E-state index in [1.165, 1.54) is 23.6 Å². The van der Waals surface area contributed by atoms with Crippen molar-refractivity contribution in [3.63, 3.8) is 0 Å². The van der Waals surface area contributed by atoms with E-state index < -0.39 is 85.4 Å². The summed E-state index contributed by atoms with van der Waals surface area (Å²) in [5.41, 5.74) is -0.522. The number of benzene rings is 1. The number of amides is 4. The van der Waals surface area contributed by atoms with Gasteiger partial charge in [0.25, 0.3) is 5.91 Å². The number of nitrogens with one attached hydrogen (secondary N) is 4. The molecule has 1 heterocycles. The van der Waals surface area contributed by atoms with E-state index in [0.717, 1.165) is 20.3 Å². The molecule has 2 rings (SSSR count). The molecule has 0 spiro atoms. The number of carbonyl (C=O) groups excluding carboxylic acids is 4. The SMILES string of the molecule is COC(=O)NC(C(=O)NC[C@@H](O)CN(Cc1ccc(-c2ccccn2)cc1F)NC(=O)[C@@H](NC(=O)OC)C(F)(F)F)C(C)(C)C(F)(F)F. The quantitative estimate of drug-likeness (QED) is 0.156. The summed E-state index contributed by atoms with van der Waals surface area (Å²) in [5, 5.41) is 16.3. The van der Waals surface area contributed by atoms with Gasteiger partial charge in [0.1, 0.15) is 11.9 Å². The van der Waals surface area contributed by atoms with Gasteiger partial charge >= 0.3 is 24.5 Å². The summed E-state index contributed by atoms with van der Waals surface area (Å²) in [6.07, 6.45) is -13.7. The highest BCUT2D eigenvalue weighted by Crippen LogP contribution is 2.40. The normalized spacial score (nSPS) is 13.9. The maximum Gasteiger partial charge on any atom is 0.417 e. The summed E-state index contributed by atoms with van der Waals surface area (Å²) in [6.45, 7) is -1.15. The molecule has 1 aromatic heterocycles. The fourth-order valence-corrected chi connectivity index (χ4v) is 3.97. The molecule has 3 atom stereocenters. The highest BCUT2D eigenvalue weighted by Gasteiger charge is 2.55. The topological polar surface area (TPSA) is 171 Å². The number of aliphatic hydroxyl groups excluding tert-OH is 1. The Morgan fingerprint density at radius 1 is 0.917 bits per heavy atom. The number of rotatable bonds is 13. The smallest absolute Gasteiger partial charge is 0.417 e. The van der Waals surface area contributed by atoms with Crippen molar-refractivity contribution in [2.24, 2.45) is 5.41 Å². The average Bonchev–Trinajstić information content (AvgIpc) is 3.00. The van der Waals surface area contributed by atoms with Gasteiger partial charge in [0.15, 0.2) is 0 Å². The van der Waals surface area contributed by atoms with Crippen LogP contribution in [-0.4, -0.2) is 96.9 Å². The van der Waals surface area contributed by atoms with Gasteiger partial charge in [-0.3, -0.25) is 20.0 Å². The van der Waals surface area contributed by atoms with Crippen LogP contribution >= 0.6 is 0 Å². The Balaban J connectivity index is 2.33. The van der Waals surface area contributed by atoms with Gasteiger partial charge in [-0.05, 0) is 32.0 Å². The zero-order valence-electron chi connectivity index (χ0n) is 25.8. The van der Waals surface area contributed by atoms with Crippen LogP contribution in [0.15, 0.2) is 42.6 Å². The summed E-state index contributed by atoms with van der Waals surface area (Å²) in [7, 11) is 1.59. The Kier molecular flexibility index (Phi) is 13.5. The van der Waals surface area contributed by atoms with Gasteiger partial charge in [-0.2, -0.15) is 26.3 Å². The van der Waals surface area contributed by atoms with E-state index in [1.807, 2.05) is 10.7 Å². The summed E-state index contributed by atoms with van der Waals surface area (Å²) in [6, 6.07) is 3.11. The number of aromatic nitrogens is 1. The Morgan fingerprint density at radius 2 is 1.52 bits per heavy atom. The van der Waals surface area contributed by atoms with E-state index in [2.05, 4.69) is 14.5 Å². The zero-order valence-corrected chi connectivity index (χ0v) is 25.8. The number of carbonyl (C=O) groups is 4. The molecule has 1 unspecified atom stereocenters. The molecule has 2 aromatic rings. The third-order valence-electron chi connectivity index (χ3n) is 6.79. The van der Waals surface area contributed by atoms with E-state index in [4.69, 9.17) is 0 Å². The highest BCUT2D eigenvalue weighted by molar-refractivity contribution is 5.87. The number of halogens is 7. The van der Waals surface area contributed by atoms with Crippen molar-refractivity contribution in [2.45, 2.75) is 50.9 Å². The van der Waals surface area contributed by atoms with Gasteiger partial charge in [-0.1, -0.05) is 18.2 Å². The molecule has 0 saturated carbocycles. The van der Waals surface area contributed by atoms with Crippen LogP contribution in [0.4, 0.5) is 40.3 Å². The first-order valence-corrected chi connectivity index (χ1v) is 13.7. The molecule has 4 amide bonds. The summed E-state index contributed by atoms with van der Waals surface area (Å²) < 4.78 is 105. The van der Waals surface area contributed by atoms with Crippen molar-refractivity contribution in [3.05, 3.63) is 54.0 Å². The third kappa shape index (κ3) is 10.9. The van der Waals surface area contributed by atoms with Gasteiger partial charge in [0, 0.05) is 37.0 Å². The predicted octanol–water partition coefficient (Wildman–Crippen LogP) is 2.80. The number of hydrazine groups is 1.